The van der Waals surface area contributed by atoms with E-state index in [1.807, 2.05) is 6.07 Å². The Labute approximate surface area is 115 Å². The smallest absolute Gasteiger partial charge is 0.0710 e. The molecule has 0 bridgehead atoms. The first-order chi connectivity index (χ1) is 9.02. The molecule has 2 aliphatic rings. The summed E-state index contributed by atoms with van der Waals surface area (Å²) in [6.07, 6.45) is 3.89. The molecule has 3 rings (SSSR count). The van der Waals surface area contributed by atoms with E-state index in [0.717, 1.165) is 31.7 Å². The van der Waals surface area contributed by atoms with Crippen molar-refractivity contribution < 1.29 is 4.74 Å². The molecular formula is C16H24N2O. The highest BCUT2D eigenvalue weighted by Gasteiger charge is 2.33. The van der Waals surface area contributed by atoms with E-state index in [2.05, 4.69) is 30.9 Å². The maximum Gasteiger partial charge on any atom is 0.0710 e. The molecule has 2 heterocycles. The Morgan fingerprint density at radius 1 is 1.37 bits per heavy atom. The van der Waals surface area contributed by atoms with Crippen molar-refractivity contribution in [2.75, 3.05) is 18.8 Å². The van der Waals surface area contributed by atoms with E-state index in [0.29, 0.717) is 6.10 Å². The monoisotopic (exact) mass is 260 g/mol. The van der Waals surface area contributed by atoms with Crippen molar-refractivity contribution in [1.29, 1.82) is 0 Å². The Balaban J connectivity index is 1.63. The first kappa shape index (κ1) is 12.9. The molecule has 1 unspecified atom stereocenters. The molecular weight excluding hydrogens is 236 g/mol. The highest BCUT2D eigenvalue weighted by Crippen LogP contribution is 2.30. The number of hydrogen-bond acceptors (Lipinski definition) is 3. The number of nitrogens with zero attached hydrogens (tertiary/aromatic N) is 1. The number of fused-ring (bicyclic) bond motifs is 1. The largest absolute Gasteiger partial charge is 0.399 e. The predicted octanol–water partition coefficient (Wildman–Crippen LogP) is 2.58. The van der Waals surface area contributed by atoms with Gasteiger partial charge in [-0.05, 0) is 56.4 Å². The van der Waals surface area contributed by atoms with Crippen LogP contribution >= 0.6 is 0 Å². The van der Waals surface area contributed by atoms with Gasteiger partial charge in [0.25, 0.3) is 0 Å². The molecule has 104 valence electrons. The molecule has 1 saturated heterocycles. The van der Waals surface area contributed by atoms with Crippen LogP contribution < -0.4 is 5.73 Å². The third kappa shape index (κ3) is 2.93. The molecule has 2 N–H and O–H groups in total. The zero-order valence-corrected chi connectivity index (χ0v) is 12.0. The quantitative estimate of drug-likeness (QED) is 0.831. The van der Waals surface area contributed by atoms with Crippen molar-refractivity contribution in [3.05, 3.63) is 29.3 Å². The van der Waals surface area contributed by atoms with Crippen LogP contribution in [0.5, 0.6) is 0 Å². The van der Waals surface area contributed by atoms with Crippen molar-refractivity contribution in [1.82, 2.24) is 4.90 Å². The molecule has 0 amide bonds. The number of nitrogens with two attached hydrogens (primary N) is 1. The van der Waals surface area contributed by atoms with E-state index in [-0.39, 0.29) is 5.60 Å². The van der Waals surface area contributed by atoms with Gasteiger partial charge in [0.15, 0.2) is 0 Å². The number of rotatable bonds is 2. The standard InChI is InChI=1S/C16H24N2O/c1-16(2)7-5-15(19-16)11-18-8-6-12-3-4-14(17)9-13(12)10-18/h3-4,9,15H,5-8,10-11,17H2,1-2H3. The fraction of sp³-hybridized carbons (Fsp3) is 0.625. The molecule has 3 heteroatoms. The number of ether oxygens (including phenoxy) is 1. The normalized spacial score (nSPS) is 26.3. The number of hydrogen-bond donors (Lipinski definition) is 1. The van der Waals surface area contributed by atoms with Crippen molar-refractivity contribution in [2.45, 2.75) is 51.4 Å². The van der Waals surface area contributed by atoms with Crippen molar-refractivity contribution >= 4 is 5.69 Å². The zero-order valence-electron chi connectivity index (χ0n) is 12.0. The lowest BCUT2D eigenvalue weighted by molar-refractivity contribution is -0.0301. The summed E-state index contributed by atoms with van der Waals surface area (Å²) in [6.45, 7) is 7.59. The summed E-state index contributed by atoms with van der Waals surface area (Å²) in [5.41, 5.74) is 9.68. The van der Waals surface area contributed by atoms with Gasteiger partial charge in [-0.15, -0.1) is 0 Å². The SMILES string of the molecule is CC1(C)CCC(CN2CCc3ccc(N)cc3C2)O1. The van der Waals surface area contributed by atoms with Crippen LogP contribution in [0.1, 0.15) is 37.8 Å². The van der Waals surface area contributed by atoms with Gasteiger partial charge in [-0.25, -0.2) is 0 Å². The summed E-state index contributed by atoms with van der Waals surface area (Å²) < 4.78 is 6.10. The second kappa shape index (κ2) is 4.80. The topological polar surface area (TPSA) is 38.5 Å². The van der Waals surface area contributed by atoms with Crippen LogP contribution in [-0.4, -0.2) is 29.7 Å². The van der Waals surface area contributed by atoms with Gasteiger partial charge >= 0.3 is 0 Å². The Bertz CT molecular complexity index is 470. The van der Waals surface area contributed by atoms with E-state index in [1.165, 1.54) is 24.0 Å². The van der Waals surface area contributed by atoms with E-state index in [1.54, 1.807) is 0 Å². The van der Waals surface area contributed by atoms with Crippen LogP contribution in [0.15, 0.2) is 18.2 Å². The third-order valence-corrected chi connectivity index (χ3v) is 4.34. The number of nitrogen functional groups attached to an aromatic ring is 1. The maximum atomic E-state index is 6.10. The highest BCUT2D eigenvalue weighted by atomic mass is 16.5. The van der Waals surface area contributed by atoms with E-state index >= 15 is 0 Å². The molecule has 1 fully saturated rings. The summed E-state index contributed by atoms with van der Waals surface area (Å²) >= 11 is 0. The van der Waals surface area contributed by atoms with Gasteiger partial charge in [0.1, 0.15) is 0 Å². The molecule has 3 nitrogen and oxygen atoms in total. The van der Waals surface area contributed by atoms with Crippen molar-refractivity contribution in [2.24, 2.45) is 0 Å². The molecule has 1 aromatic rings. The molecule has 0 aliphatic carbocycles. The van der Waals surface area contributed by atoms with E-state index in [4.69, 9.17) is 10.5 Å². The summed E-state index contributed by atoms with van der Waals surface area (Å²) in [7, 11) is 0. The summed E-state index contributed by atoms with van der Waals surface area (Å²) in [4.78, 5) is 2.51. The van der Waals surface area contributed by atoms with Gasteiger partial charge in [0.05, 0.1) is 11.7 Å². The fourth-order valence-corrected chi connectivity index (χ4v) is 3.29. The molecule has 0 aromatic heterocycles. The summed E-state index contributed by atoms with van der Waals surface area (Å²) in [6, 6.07) is 6.31. The number of anilines is 1. The Kier molecular flexibility index (Phi) is 3.27. The average molecular weight is 260 g/mol. The lowest BCUT2D eigenvalue weighted by Gasteiger charge is -2.31. The van der Waals surface area contributed by atoms with Gasteiger partial charge in [0.2, 0.25) is 0 Å². The van der Waals surface area contributed by atoms with Crippen molar-refractivity contribution in [3.8, 4) is 0 Å². The minimum Gasteiger partial charge on any atom is -0.399 e. The molecule has 0 saturated carbocycles. The highest BCUT2D eigenvalue weighted by molar-refractivity contribution is 5.45. The predicted molar refractivity (Wildman–Crippen MR) is 78.0 cm³/mol. The van der Waals surface area contributed by atoms with Gasteiger partial charge < -0.3 is 10.5 Å². The maximum absolute atomic E-state index is 6.10. The Morgan fingerprint density at radius 2 is 2.21 bits per heavy atom. The van der Waals surface area contributed by atoms with Crippen LogP contribution in [0.25, 0.3) is 0 Å². The summed E-state index contributed by atoms with van der Waals surface area (Å²) in [5.74, 6) is 0. The lowest BCUT2D eigenvalue weighted by atomic mass is 9.98. The zero-order chi connectivity index (χ0) is 13.5. The second-order valence-corrected chi connectivity index (χ2v) is 6.55. The molecule has 0 spiro atoms. The first-order valence-corrected chi connectivity index (χ1v) is 7.29. The van der Waals surface area contributed by atoms with Crippen LogP contribution in [0.4, 0.5) is 5.69 Å². The fourth-order valence-electron chi connectivity index (χ4n) is 3.29. The average Bonchev–Trinajstić information content (AvgIpc) is 2.68. The molecule has 1 atom stereocenters. The van der Waals surface area contributed by atoms with Gasteiger partial charge in [-0.3, -0.25) is 4.90 Å². The Morgan fingerprint density at radius 3 is 2.95 bits per heavy atom. The molecule has 2 aliphatic heterocycles. The van der Waals surface area contributed by atoms with Gasteiger partial charge in [0, 0.05) is 25.3 Å². The summed E-state index contributed by atoms with van der Waals surface area (Å²) in [5, 5.41) is 0. The van der Waals surface area contributed by atoms with Crippen LogP contribution in [0.2, 0.25) is 0 Å². The number of benzene rings is 1. The first-order valence-electron chi connectivity index (χ1n) is 7.29. The molecule has 0 radical (unpaired) electrons. The van der Waals surface area contributed by atoms with E-state index < -0.39 is 0 Å². The molecule has 19 heavy (non-hydrogen) atoms. The van der Waals surface area contributed by atoms with Crippen molar-refractivity contribution in [3.63, 3.8) is 0 Å². The van der Waals surface area contributed by atoms with Crippen LogP contribution in [-0.2, 0) is 17.7 Å². The minimum absolute atomic E-state index is 0.0722. The second-order valence-electron chi connectivity index (χ2n) is 6.55. The third-order valence-electron chi connectivity index (χ3n) is 4.34. The molecule has 1 aromatic carbocycles. The lowest BCUT2D eigenvalue weighted by Crippen LogP contribution is -2.37. The minimum atomic E-state index is 0.0722. The Hall–Kier alpha value is -1.06. The van der Waals surface area contributed by atoms with Crippen LogP contribution in [0.3, 0.4) is 0 Å². The van der Waals surface area contributed by atoms with Gasteiger partial charge in [-0.1, -0.05) is 6.07 Å². The van der Waals surface area contributed by atoms with E-state index in [9.17, 15) is 0 Å². The van der Waals surface area contributed by atoms with Crippen LogP contribution in [0, 0.1) is 0 Å². The van der Waals surface area contributed by atoms with Gasteiger partial charge in [-0.2, -0.15) is 0 Å².